The van der Waals surface area contributed by atoms with E-state index in [0.717, 1.165) is 32.1 Å². The number of aliphatic hydroxyl groups is 1. The van der Waals surface area contributed by atoms with E-state index in [4.69, 9.17) is 9.47 Å². The number of esters is 1. The number of cyclic esters (lactones) is 1. The first-order chi connectivity index (χ1) is 18.8. The van der Waals surface area contributed by atoms with Crippen LogP contribution in [0.5, 0.6) is 0 Å². The molecule has 0 aromatic carbocycles. The second kappa shape index (κ2) is 11.4. The fourth-order valence-electron chi connectivity index (χ4n) is 7.12. The first kappa shape index (κ1) is 27.8. The standard InChI is InChI=1S/C29H41N3O7/c1-3-19(17-33)32-25-27(36)31(20-10-6-4-7-11-20)15-9-5-8-12-22(34)30-16-18(2)38-28(37)23-21-13-14-29(25,39-21)24(23)26(32)35/h5,9,13-14,18-21,23-25,33H,3-4,6-8,10-12,15-17H2,1-2H3,(H,30,34)/b9-5-/t18-,19-,21+,23-,24-,25+,29-/m0/s1. The fourth-order valence-corrected chi connectivity index (χ4v) is 7.12. The zero-order chi connectivity index (χ0) is 27.7. The van der Waals surface area contributed by atoms with Crippen molar-refractivity contribution in [3.8, 4) is 0 Å². The normalized spacial score (nSPS) is 37.6. The molecule has 1 spiro atoms. The van der Waals surface area contributed by atoms with Crippen molar-refractivity contribution in [2.45, 2.75) is 101 Å². The molecule has 10 nitrogen and oxygen atoms in total. The monoisotopic (exact) mass is 543 g/mol. The highest BCUT2D eigenvalue weighted by Gasteiger charge is 2.74. The average molecular weight is 544 g/mol. The van der Waals surface area contributed by atoms with Gasteiger partial charge < -0.3 is 29.7 Å². The lowest BCUT2D eigenvalue weighted by Gasteiger charge is -2.41. The van der Waals surface area contributed by atoms with Crippen molar-refractivity contribution in [2.75, 3.05) is 19.7 Å². The Morgan fingerprint density at radius 2 is 1.90 bits per heavy atom. The van der Waals surface area contributed by atoms with Crippen LogP contribution in [0.2, 0.25) is 0 Å². The number of allylic oxidation sites excluding steroid dienone is 1. The molecule has 1 aliphatic carbocycles. The van der Waals surface area contributed by atoms with Gasteiger partial charge in [0.1, 0.15) is 23.7 Å². The molecular weight excluding hydrogens is 502 g/mol. The van der Waals surface area contributed by atoms with Gasteiger partial charge in [0.15, 0.2) is 0 Å². The molecule has 4 aliphatic heterocycles. The number of carbonyl (C=O) groups is 4. The Morgan fingerprint density at radius 1 is 1.13 bits per heavy atom. The van der Waals surface area contributed by atoms with Gasteiger partial charge in [0, 0.05) is 19.0 Å². The highest BCUT2D eigenvalue weighted by Crippen LogP contribution is 2.56. The summed E-state index contributed by atoms with van der Waals surface area (Å²) in [6.45, 7) is 3.80. The minimum absolute atomic E-state index is 0.0204. The predicted octanol–water partition coefficient (Wildman–Crippen LogP) is 1.47. The van der Waals surface area contributed by atoms with E-state index in [1.807, 2.05) is 24.0 Å². The van der Waals surface area contributed by atoms with E-state index in [1.165, 1.54) is 4.90 Å². The number of amides is 3. The summed E-state index contributed by atoms with van der Waals surface area (Å²) < 4.78 is 12.1. The lowest BCUT2D eigenvalue weighted by molar-refractivity contribution is -0.159. The van der Waals surface area contributed by atoms with Crippen molar-refractivity contribution in [1.29, 1.82) is 0 Å². The summed E-state index contributed by atoms with van der Waals surface area (Å²) in [6, 6.07) is -1.55. The molecule has 2 N–H and O–H groups in total. The maximum atomic E-state index is 14.6. The number of nitrogens with zero attached hydrogens (tertiary/aromatic N) is 2. The number of rotatable bonds is 4. The van der Waals surface area contributed by atoms with Crippen molar-refractivity contribution in [1.82, 2.24) is 15.1 Å². The number of nitrogens with one attached hydrogen (secondary N) is 1. The minimum Gasteiger partial charge on any atom is -0.460 e. The molecule has 5 aliphatic rings. The van der Waals surface area contributed by atoms with Gasteiger partial charge in [-0.1, -0.05) is 50.5 Å². The van der Waals surface area contributed by atoms with E-state index in [0.29, 0.717) is 25.8 Å². The maximum absolute atomic E-state index is 14.6. The summed E-state index contributed by atoms with van der Waals surface area (Å²) in [7, 11) is 0. The van der Waals surface area contributed by atoms with Gasteiger partial charge in [-0.05, 0) is 32.6 Å². The van der Waals surface area contributed by atoms with Crippen LogP contribution in [0.15, 0.2) is 24.3 Å². The molecule has 39 heavy (non-hydrogen) atoms. The lowest BCUT2D eigenvalue weighted by atomic mass is 9.74. The number of aliphatic hydroxyl groups excluding tert-OH is 1. The largest absolute Gasteiger partial charge is 0.460 e. The second-order valence-electron chi connectivity index (χ2n) is 11.5. The van der Waals surface area contributed by atoms with Crippen molar-refractivity contribution < 1.29 is 33.8 Å². The lowest BCUT2D eigenvalue weighted by Crippen LogP contribution is -2.60. The molecule has 2 saturated heterocycles. The molecule has 5 rings (SSSR count). The van der Waals surface area contributed by atoms with E-state index < -0.39 is 47.7 Å². The van der Waals surface area contributed by atoms with Gasteiger partial charge in [-0.25, -0.2) is 0 Å². The molecule has 0 unspecified atom stereocenters. The SMILES string of the molecule is CC[C@@H](CO)N1C(=O)[C@@H]2[C@H]3C(=O)O[C@@H](C)CNC(=O)CC/C=C\CN(C4CCCCC4)C(=O)[C@@H]1[C@]21C=C[C@H]3O1. The minimum atomic E-state index is -1.30. The van der Waals surface area contributed by atoms with Crippen LogP contribution in [0, 0.1) is 11.8 Å². The predicted molar refractivity (Wildman–Crippen MR) is 141 cm³/mol. The fraction of sp³-hybridized carbons (Fsp3) is 0.724. The van der Waals surface area contributed by atoms with Crippen molar-refractivity contribution in [3.05, 3.63) is 24.3 Å². The summed E-state index contributed by atoms with van der Waals surface area (Å²) >= 11 is 0. The number of carbonyl (C=O) groups excluding carboxylic acids is 4. The average Bonchev–Trinajstić information content (AvgIpc) is 3.58. The van der Waals surface area contributed by atoms with E-state index in [1.54, 1.807) is 19.1 Å². The second-order valence-corrected chi connectivity index (χ2v) is 11.5. The van der Waals surface area contributed by atoms with Gasteiger partial charge in [-0.3, -0.25) is 19.2 Å². The highest BCUT2D eigenvalue weighted by atomic mass is 16.6. The summed E-state index contributed by atoms with van der Waals surface area (Å²) in [5.41, 5.74) is -1.30. The molecule has 214 valence electrons. The number of hydrogen-bond donors (Lipinski definition) is 2. The van der Waals surface area contributed by atoms with Crippen LogP contribution in [0.1, 0.15) is 65.2 Å². The quantitative estimate of drug-likeness (QED) is 0.406. The molecule has 0 aromatic heterocycles. The first-order valence-corrected chi connectivity index (χ1v) is 14.5. The van der Waals surface area contributed by atoms with Gasteiger partial charge >= 0.3 is 5.97 Å². The Bertz CT molecular complexity index is 1030. The van der Waals surface area contributed by atoms with Crippen LogP contribution in [0.3, 0.4) is 0 Å². The molecule has 4 heterocycles. The van der Waals surface area contributed by atoms with Gasteiger partial charge in [-0.15, -0.1) is 0 Å². The molecule has 0 radical (unpaired) electrons. The van der Waals surface area contributed by atoms with E-state index in [-0.39, 0.29) is 36.9 Å². The van der Waals surface area contributed by atoms with E-state index >= 15 is 0 Å². The molecule has 1 saturated carbocycles. The van der Waals surface area contributed by atoms with Gasteiger partial charge in [0.05, 0.1) is 31.2 Å². The number of ether oxygens (including phenoxy) is 2. The number of hydrogen-bond acceptors (Lipinski definition) is 7. The van der Waals surface area contributed by atoms with Gasteiger partial charge in [0.2, 0.25) is 17.7 Å². The topological polar surface area (TPSA) is 125 Å². The molecule has 0 aromatic rings. The molecule has 3 fully saturated rings. The zero-order valence-corrected chi connectivity index (χ0v) is 22.9. The van der Waals surface area contributed by atoms with Crippen molar-refractivity contribution in [2.24, 2.45) is 11.8 Å². The molecule has 10 heteroatoms. The maximum Gasteiger partial charge on any atom is 0.313 e. The molecule has 5 bridgehead atoms. The van der Waals surface area contributed by atoms with Gasteiger partial charge in [-0.2, -0.15) is 0 Å². The van der Waals surface area contributed by atoms with Crippen LogP contribution in [-0.2, 0) is 28.7 Å². The van der Waals surface area contributed by atoms with Crippen LogP contribution < -0.4 is 5.32 Å². The van der Waals surface area contributed by atoms with Crippen LogP contribution >= 0.6 is 0 Å². The number of fused-ring (bicyclic) bond motifs is 2. The van der Waals surface area contributed by atoms with Crippen LogP contribution in [0.4, 0.5) is 0 Å². The Hall–Kier alpha value is -2.72. The Morgan fingerprint density at radius 3 is 2.62 bits per heavy atom. The van der Waals surface area contributed by atoms with E-state index in [9.17, 15) is 24.3 Å². The van der Waals surface area contributed by atoms with Gasteiger partial charge in [0.25, 0.3) is 0 Å². The van der Waals surface area contributed by atoms with Crippen LogP contribution in [-0.4, -0.2) is 94.2 Å². The molecule has 7 atom stereocenters. The Kier molecular flexibility index (Phi) is 8.14. The zero-order valence-electron chi connectivity index (χ0n) is 22.9. The first-order valence-electron chi connectivity index (χ1n) is 14.5. The smallest absolute Gasteiger partial charge is 0.313 e. The summed E-state index contributed by atoms with van der Waals surface area (Å²) in [4.78, 5) is 57.9. The molecule has 3 amide bonds. The summed E-state index contributed by atoms with van der Waals surface area (Å²) in [6.07, 6.45) is 12.3. The Labute approximate surface area is 229 Å². The highest BCUT2D eigenvalue weighted by molar-refractivity contribution is 5.99. The third-order valence-electron chi connectivity index (χ3n) is 9.10. The third kappa shape index (κ3) is 4.90. The third-order valence-corrected chi connectivity index (χ3v) is 9.10. The number of likely N-dealkylation sites (tertiary alicyclic amines) is 1. The summed E-state index contributed by atoms with van der Waals surface area (Å²) in [5.74, 6) is -3.12. The van der Waals surface area contributed by atoms with E-state index in [2.05, 4.69) is 5.32 Å². The van der Waals surface area contributed by atoms with Crippen molar-refractivity contribution >= 4 is 23.7 Å². The van der Waals surface area contributed by atoms with Crippen molar-refractivity contribution in [3.63, 3.8) is 0 Å². The van der Waals surface area contributed by atoms with Crippen LogP contribution in [0.25, 0.3) is 0 Å². The summed E-state index contributed by atoms with van der Waals surface area (Å²) in [5, 5.41) is 13.1. The molecular formula is C29H41N3O7. The Balaban J connectivity index is 1.57.